The molecule has 19 heavy (non-hydrogen) atoms. The van der Waals surface area contributed by atoms with Gasteiger partial charge in [0.25, 0.3) is 10.0 Å². The smallest absolute Gasteiger partial charge is 0.263 e. The van der Waals surface area contributed by atoms with Crippen molar-refractivity contribution in [2.75, 3.05) is 6.61 Å². The zero-order valence-electron chi connectivity index (χ0n) is 10.7. The third kappa shape index (κ3) is 2.26. The van der Waals surface area contributed by atoms with Crippen LogP contribution in [0, 0.1) is 0 Å². The summed E-state index contributed by atoms with van der Waals surface area (Å²) in [6, 6.07) is 7.07. The third-order valence-corrected chi connectivity index (χ3v) is 4.84. The number of nitrogens with zero attached hydrogens (tertiary/aromatic N) is 1. The average molecular weight is 280 g/mol. The predicted molar refractivity (Wildman–Crippen MR) is 71.7 cm³/mol. The Morgan fingerprint density at radius 3 is 2.84 bits per heavy atom. The van der Waals surface area contributed by atoms with E-state index in [2.05, 4.69) is 9.71 Å². The number of benzene rings is 1. The molecular weight excluding hydrogens is 264 g/mol. The van der Waals surface area contributed by atoms with Crippen molar-refractivity contribution in [3.63, 3.8) is 0 Å². The Hall–Kier alpha value is -1.40. The van der Waals surface area contributed by atoms with Crippen LogP contribution in [0.25, 0.3) is 0 Å². The van der Waals surface area contributed by atoms with Gasteiger partial charge in [-0.1, -0.05) is 12.1 Å². The fourth-order valence-corrected chi connectivity index (χ4v) is 3.67. The molecule has 0 atom stereocenters. The Morgan fingerprint density at radius 1 is 1.37 bits per heavy atom. The van der Waals surface area contributed by atoms with Crippen molar-refractivity contribution in [1.29, 1.82) is 0 Å². The summed E-state index contributed by atoms with van der Waals surface area (Å²) in [6.45, 7) is 2.68. The molecule has 5 nitrogen and oxygen atoms in total. The number of hydrogen-bond acceptors (Lipinski definition) is 4. The van der Waals surface area contributed by atoms with Crippen molar-refractivity contribution < 1.29 is 13.2 Å². The average Bonchev–Trinajstić information content (AvgIpc) is 2.59. The first-order chi connectivity index (χ1) is 9.10. The Kier molecular flexibility index (Phi) is 3.06. The van der Waals surface area contributed by atoms with Crippen LogP contribution in [0.5, 0.6) is 0 Å². The van der Waals surface area contributed by atoms with Crippen LogP contribution in [0.2, 0.25) is 0 Å². The van der Waals surface area contributed by atoms with Gasteiger partial charge < -0.3 is 4.74 Å². The minimum absolute atomic E-state index is 0.153. The summed E-state index contributed by atoms with van der Waals surface area (Å²) in [6.07, 6.45) is 2.00. The summed E-state index contributed by atoms with van der Waals surface area (Å²) in [5, 5.41) is 0. The van der Waals surface area contributed by atoms with Gasteiger partial charge in [0, 0.05) is 12.2 Å². The van der Waals surface area contributed by atoms with Crippen molar-refractivity contribution in [2.24, 2.45) is 4.99 Å². The fraction of sp³-hybridized carbons (Fsp3) is 0.462. The van der Waals surface area contributed by atoms with E-state index in [1.165, 1.54) is 0 Å². The first-order valence-corrected chi connectivity index (χ1v) is 7.90. The van der Waals surface area contributed by atoms with E-state index in [0.717, 1.165) is 12.8 Å². The van der Waals surface area contributed by atoms with Gasteiger partial charge in [0.1, 0.15) is 5.84 Å². The van der Waals surface area contributed by atoms with Gasteiger partial charge in [-0.3, -0.25) is 9.71 Å². The lowest BCUT2D eigenvalue weighted by Gasteiger charge is -2.32. The molecular formula is C13H16N2O3S. The second kappa shape index (κ2) is 4.61. The van der Waals surface area contributed by atoms with E-state index in [-0.39, 0.29) is 12.1 Å². The van der Waals surface area contributed by atoms with Crippen molar-refractivity contribution in [3.05, 3.63) is 29.8 Å². The van der Waals surface area contributed by atoms with E-state index >= 15 is 0 Å². The zero-order chi connectivity index (χ0) is 13.5. The maximum Gasteiger partial charge on any atom is 0.263 e. The Balaban J connectivity index is 1.81. The van der Waals surface area contributed by atoms with Crippen molar-refractivity contribution in [2.45, 2.75) is 36.8 Å². The molecule has 1 N–H and O–H groups in total. The highest BCUT2D eigenvalue weighted by atomic mass is 32.2. The van der Waals surface area contributed by atoms with Gasteiger partial charge in [0.15, 0.2) is 0 Å². The molecule has 1 aliphatic heterocycles. The van der Waals surface area contributed by atoms with Crippen molar-refractivity contribution in [3.8, 4) is 0 Å². The maximum atomic E-state index is 11.9. The zero-order valence-corrected chi connectivity index (χ0v) is 11.5. The molecule has 0 saturated heterocycles. The summed E-state index contributed by atoms with van der Waals surface area (Å²) in [4.78, 5) is 4.81. The molecule has 0 spiro atoms. The van der Waals surface area contributed by atoms with Crippen LogP contribution < -0.4 is 4.72 Å². The molecule has 2 aliphatic rings. The van der Waals surface area contributed by atoms with Crippen LogP contribution in [-0.4, -0.2) is 33.0 Å². The quantitative estimate of drug-likeness (QED) is 0.907. The molecule has 0 unspecified atom stereocenters. The Labute approximate surface area is 112 Å². The summed E-state index contributed by atoms with van der Waals surface area (Å²) >= 11 is 0. The van der Waals surface area contributed by atoms with E-state index in [0.29, 0.717) is 22.9 Å². The molecule has 0 bridgehead atoms. The summed E-state index contributed by atoms with van der Waals surface area (Å²) in [5.41, 5.74) is 0.669. The van der Waals surface area contributed by atoms with Crippen molar-refractivity contribution in [1.82, 2.24) is 4.72 Å². The lowest BCUT2D eigenvalue weighted by atomic mass is 9.89. The minimum atomic E-state index is -3.42. The Bertz CT molecular complexity index is 619. The largest absolute Gasteiger partial charge is 0.378 e. The third-order valence-electron chi connectivity index (χ3n) is 3.45. The SMILES string of the molecule is CCOC1CC(N=C2NS(=O)(=O)c3ccccc32)C1. The number of fused-ring (bicyclic) bond motifs is 1. The lowest BCUT2D eigenvalue weighted by molar-refractivity contribution is -0.000704. The first kappa shape index (κ1) is 12.6. The Morgan fingerprint density at radius 2 is 2.11 bits per heavy atom. The second-order valence-electron chi connectivity index (χ2n) is 4.78. The molecule has 1 aromatic rings. The number of hydrogen-bond donors (Lipinski definition) is 1. The molecule has 0 aromatic heterocycles. The summed E-state index contributed by atoms with van der Waals surface area (Å²) in [5.74, 6) is 0.468. The summed E-state index contributed by atoms with van der Waals surface area (Å²) < 4.78 is 31.8. The van der Waals surface area contributed by atoms with Crippen LogP contribution in [0.3, 0.4) is 0 Å². The highest BCUT2D eigenvalue weighted by Gasteiger charge is 2.34. The molecule has 1 heterocycles. The van der Waals surface area contributed by atoms with Gasteiger partial charge in [-0.15, -0.1) is 0 Å². The molecule has 0 amide bonds. The number of aliphatic imine (C=N–C) groups is 1. The molecule has 1 aliphatic carbocycles. The minimum Gasteiger partial charge on any atom is -0.378 e. The van der Waals surface area contributed by atoms with E-state index in [4.69, 9.17) is 4.74 Å². The fourth-order valence-electron chi connectivity index (χ4n) is 2.43. The molecule has 0 radical (unpaired) electrons. The van der Waals surface area contributed by atoms with Gasteiger partial charge in [0.2, 0.25) is 0 Å². The van der Waals surface area contributed by atoms with Crippen LogP contribution in [-0.2, 0) is 14.8 Å². The van der Waals surface area contributed by atoms with Gasteiger partial charge in [-0.25, -0.2) is 8.42 Å². The molecule has 102 valence electrons. The van der Waals surface area contributed by atoms with Crippen LogP contribution in [0.1, 0.15) is 25.3 Å². The topological polar surface area (TPSA) is 67.8 Å². The highest BCUT2D eigenvalue weighted by Crippen LogP contribution is 2.29. The molecule has 1 aromatic carbocycles. The number of nitrogens with one attached hydrogen (secondary N) is 1. The van der Waals surface area contributed by atoms with E-state index < -0.39 is 10.0 Å². The number of ether oxygens (including phenoxy) is 1. The molecule has 3 rings (SSSR count). The molecule has 1 saturated carbocycles. The van der Waals surface area contributed by atoms with Gasteiger partial charge in [-0.05, 0) is 31.9 Å². The van der Waals surface area contributed by atoms with Gasteiger partial charge in [0.05, 0.1) is 17.0 Å². The number of sulfonamides is 1. The summed E-state index contributed by atoms with van der Waals surface area (Å²) in [7, 11) is -3.42. The standard InChI is InChI=1S/C13H16N2O3S/c1-2-18-10-7-9(8-10)14-13-11-5-3-4-6-12(11)19(16,17)15-13/h3-6,9-10H,2,7-8H2,1H3,(H,14,15). The van der Waals surface area contributed by atoms with E-state index in [9.17, 15) is 8.42 Å². The van der Waals surface area contributed by atoms with Crippen molar-refractivity contribution >= 4 is 15.9 Å². The lowest BCUT2D eigenvalue weighted by Crippen LogP contribution is -2.36. The first-order valence-electron chi connectivity index (χ1n) is 6.42. The number of amidine groups is 1. The van der Waals surface area contributed by atoms with Crippen LogP contribution >= 0.6 is 0 Å². The van der Waals surface area contributed by atoms with E-state index in [1.54, 1.807) is 18.2 Å². The van der Waals surface area contributed by atoms with Crippen LogP contribution in [0.15, 0.2) is 34.2 Å². The monoisotopic (exact) mass is 280 g/mol. The normalized spacial score (nSPS) is 29.6. The second-order valence-corrected chi connectivity index (χ2v) is 6.43. The predicted octanol–water partition coefficient (Wildman–Crippen LogP) is 1.29. The van der Waals surface area contributed by atoms with Crippen LogP contribution in [0.4, 0.5) is 0 Å². The van der Waals surface area contributed by atoms with E-state index in [1.807, 2.05) is 13.0 Å². The maximum absolute atomic E-state index is 11.9. The molecule has 6 heteroatoms. The van der Waals surface area contributed by atoms with Gasteiger partial charge >= 0.3 is 0 Å². The highest BCUT2D eigenvalue weighted by molar-refractivity contribution is 7.90. The number of rotatable bonds is 3. The van der Waals surface area contributed by atoms with Gasteiger partial charge in [-0.2, -0.15) is 0 Å². The molecule has 1 fully saturated rings.